The number of carbonyl (C=O) groups is 1. The SMILES string of the molecule is CC[C@]1(c2cccc(F)c2)C2=C(Cc3ncsc31)CC(C)(C)CC2=O. The van der Waals surface area contributed by atoms with Gasteiger partial charge in [-0.1, -0.05) is 38.5 Å². The number of nitrogens with zero attached hydrogens (tertiary/aromatic N) is 1. The number of carbonyl (C=O) groups excluding carboxylic acids is 1. The average molecular weight is 355 g/mol. The van der Waals surface area contributed by atoms with Crippen LogP contribution in [0.15, 0.2) is 40.9 Å². The maximum atomic E-state index is 14.1. The van der Waals surface area contributed by atoms with E-state index in [4.69, 9.17) is 0 Å². The van der Waals surface area contributed by atoms with Crippen LogP contribution < -0.4 is 0 Å². The zero-order valence-corrected chi connectivity index (χ0v) is 15.7. The third kappa shape index (κ3) is 2.42. The van der Waals surface area contributed by atoms with Crippen molar-refractivity contribution in [2.75, 3.05) is 0 Å². The van der Waals surface area contributed by atoms with E-state index >= 15 is 0 Å². The van der Waals surface area contributed by atoms with Crippen LogP contribution in [-0.4, -0.2) is 10.8 Å². The molecule has 0 spiro atoms. The molecular weight excluding hydrogens is 333 g/mol. The van der Waals surface area contributed by atoms with E-state index in [2.05, 4.69) is 25.8 Å². The number of aromatic nitrogens is 1. The van der Waals surface area contributed by atoms with E-state index in [1.165, 1.54) is 11.6 Å². The van der Waals surface area contributed by atoms with Gasteiger partial charge in [-0.2, -0.15) is 0 Å². The number of rotatable bonds is 2. The number of thiazole rings is 1. The minimum atomic E-state index is -0.556. The van der Waals surface area contributed by atoms with Gasteiger partial charge < -0.3 is 0 Å². The Kier molecular flexibility index (Phi) is 3.73. The van der Waals surface area contributed by atoms with Crippen LogP contribution in [0.2, 0.25) is 0 Å². The van der Waals surface area contributed by atoms with Crippen molar-refractivity contribution in [3.8, 4) is 0 Å². The van der Waals surface area contributed by atoms with Crippen LogP contribution in [0.4, 0.5) is 4.39 Å². The summed E-state index contributed by atoms with van der Waals surface area (Å²) in [4.78, 5) is 19.0. The van der Waals surface area contributed by atoms with Gasteiger partial charge in [-0.25, -0.2) is 9.37 Å². The summed E-state index contributed by atoms with van der Waals surface area (Å²) < 4.78 is 14.1. The monoisotopic (exact) mass is 355 g/mol. The van der Waals surface area contributed by atoms with E-state index in [0.29, 0.717) is 6.42 Å². The molecule has 1 heterocycles. The summed E-state index contributed by atoms with van der Waals surface area (Å²) >= 11 is 1.60. The van der Waals surface area contributed by atoms with Crippen LogP contribution in [0.1, 0.15) is 56.2 Å². The topological polar surface area (TPSA) is 30.0 Å². The number of Topliss-reactive ketones (excluding diaryl/α,β-unsaturated/α-hetero) is 1. The Balaban J connectivity index is 2.04. The lowest BCUT2D eigenvalue weighted by molar-refractivity contribution is -0.118. The highest BCUT2D eigenvalue weighted by Gasteiger charge is 2.50. The highest BCUT2D eigenvalue weighted by atomic mass is 32.1. The van der Waals surface area contributed by atoms with Gasteiger partial charge in [0.25, 0.3) is 0 Å². The van der Waals surface area contributed by atoms with Crippen molar-refractivity contribution in [1.29, 1.82) is 0 Å². The van der Waals surface area contributed by atoms with E-state index in [0.717, 1.165) is 41.0 Å². The molecule has 0 radical (unpaired) electrons. The molecule has 1 atom stereocenters. The van der Waals surface area contributed by atoms with Gasteiger partial charge in [-0.15, -0.1) is 11.3 Å². The van der Waals surface area contributed by atoms with E-state index in [9.17, 15) is 9.18 Å². The lowest BCUT2D eigenvalue weighted by atomic mass is 9.59. The first-order valence-corrected chi connectivity index (χ1v) is 9.70. The van der Waals surface area contributed by atoms with Crippen molar-refractivity contribution in [2.45, 2.75) is 51.9 Å². The normalized spacial score (nSPS) is 24.9. The minimum absolute atomic E-state index is 0.0230. The lowest BCUT2D eigenvalue weighted by Crippen LogP contribution is -2.42. The van der Waals surface area contributed by atoms with Crippen molar-refractivity contribution in [3.63, 3.8) is 0 Å². The second-order valence-electron chi connectivity index (χ2n) is 7.99. The molecule has 2 aliphatic carbocycles. The van der Waals surface area contributed by atoms with E-state index < -0.39 is 5.41 Å². The third-order valence-electron chi connectivity index (χ3n) is 5.65. The summed E-state index contributed by atoms with van der Waals surface area (Å²) in [5.41, 5.74) is 5.33. The van der Waals surface area contributed by atoms with Gasteiger partial charge in [0.15, 0.2) is 5.78 Å². The Hall–Kier alpha value is -1.81. The summed E-state index contributed by atoms with van der Waals surface area (Å²) in [7, 11) is 0. The molecule has 2 aliphatic rings. The van der Waals surface area contributed by atoms with Gasteiger partial charge in [-0.3, -0.25) is 4.79 Å². The third-order valence-corrected chi connectivity index (χ3v) is 6.68. The molecule has 0 aliphatic heterocycles. The quantitative estimate of drug-likeness (QED) is 0.739. The van der Waals surface area contributed by atoms with Crippen LogP contribution in [0, 0.1) is 11.2 Å². The summed E-state index contributed by atoms with van der Waals surface area (Å²) in [6, 6.07) is 6.76. The van der Waals surface area contributed by atoms with E-state index in [1.807, 2.05) is 11.6 Å². The van der Waals surface area contributed by atoms with E-state index in [1.54, 1.807) is 23.5 Å². The molecule has 130 valence electrons. The van der Waals surface area contributed by atoms with Crippen LogP contribution in [0.5, 0.6) is 0 Å². The van der Waals surface area contributed by atoms with Crippen molar-refractivity contribution >= 4 is 17.1 Å². The number of halogens is 1. The van der Waals surface area contributed by atoms with Gasteiger partial charge in [-0.05, 0) is 36.0 Å². The molecule has 4 rings (SSSR count). The number of benzene rings is 1. The molecule has 1 aromatic carbocycles. The van der Waals surface area contributed by atoms with Crippen molar-refractivity contribution in [2.24, 2.45) is 5.41 Å². The molecule has 0 N–H and O–H groups in total. The number of fused-ring (bicyclic) bond motifs is 1. The highest BCUT2D eigenvalue weighted by molar-refractivity contribution is 7.10. The Morgan fingerprint density at radius 3 is 2.80 bits per heavy atom. The number of allylic oxidation sites excluding steroid dienone is 2. The summed E-state index contributed by atoms with van der Waals surface area (Å²) in [5.74, 6) is -0.0379. The molecule has 0 saturated heterocycles. The highest BCUT2D eigenvalue weighted by Crippen LogP contribution is 2.54. The molecule has 0 fully saturated rings. The molecule has 1 aromatic heterocycles. The Morgan fingerprint density at radius 2 is 2.08 bits per heavy atom. The van der Waals surface area contributed by atoms with Gasteiger partial charge >= 0.3 is 0 Å². The zero-order chi connectivity index (χ0) is 17.8. The number of hydrogen-bond acceptors (Lipinski definition) is 3. The molecule has 25 heavy (non-hydrogen) atoms. The first-order chi connectivity index (χ1) is 11.9. The second-order valence-corrected chi connectivity index (χ2v) is 8.85. The van der Waals surface area contributed by atoms with Gasteiger partial charge in [0, 0.05) is 23.3 Å². The van der Waals surface area contributed by atoms with Crippen LogP contribution >= 0.6 is 11.3 Å². The fraction of sp³-hybridized carbons (Fsp3) is 0.429. The van der Waals surface area contributed by atoms with Crippen LogP contribution in [0.25, 0.3) is 0 Å². The first kappa shape index (κ1) is 16.6. The molecular formula is C21H22FNOS. The van der Waals surface area contributed by atoms with Crippen molar-refractivity contribution < 1.29 is 9.18 Å². The second kappa shape index (κ2) is 5.60. The average Bonchev–Trinajstić information content (AvgIpc) is 3.00. The van der Waals surface area contributed by atoms with Gasteiger partial charge in [0.1, 0.15) is 5.82 Å². The van der Waals surface area contributed by atoms with Crippen molar-refractivity contribution in [3.05, 3.63) is 62.9 Å². The molecule has 0 bridgehead atoms. The molecule has 2 nitrogen and oxygen atoms in total. The number of hydrogen-bond donors (Lipinski definition) is 0. The van der Waals surface area contributed by atoms with Crippen LogP contribution in [0.3, 0.4) is 0 Å². The predicted octanol–water partition coefficient (Wildman–Crippen LogP) is 5.22. The Morgan fingerprint density at radius 1 is 1.28 bits per heavy atom. The Bertz CT molecular complexity index is 895. The first-order valence-electron chi connectivity index (χ1n) is 8.82. The zero-order valence-electron chi connectivity index (χ0n) is 14.9. The molecule has 2 aromatic rings. The van der Waals surface area contributed by atoms with Crippen molar-refractivity contribution in [1.82, 2.24) is 4.98 Å². The molecule has 0 unspecified atom stereocenters. The predicted molar refractivity (Wildman–Crippen MR) is 98.3 cm³/mol. The van der Waals surface area contributed by atoms with E-state index in [-0.39, 0.29) is 17.0 Å². The maximum Gasteiger partial charge on any atom is 0.160 e. The van der Waals surface area contributed by atoms with Gasteiger partial charge in [0.2, 0.25) is 0 Å². The molecule has 4 heteroatoms. The largest absolute Gasteiger partial charge is 0.294 e. The fourth-order valence-electron chi connectivity index (χ4n) is 4.77. The van der Waals surface area contributed by atoms with Crippen LogP contribution in [-0.2, 0) is 16.6 Å². The summed E-state index contributed by atoms with van der Waals surface area (Å²) in [5, 5.41) is 0. The standard InChI is InChI=1S/C21H22FNOS/c1-4-21(14-6-5-7-15(22)9-14)18-13(8-16-19(21)25-12-23-16)10-20(2,3)11-17(18)24/h5-7,9,12H,4,8,10-11H2,1-3H3/t21-/m0/s1. The summed E-state index contributed by atoms with van der Waals surface area (Å²) in [6.45, 7) is 6.40. The molecule has 0 saturated carbocycles. The van der Waals surface area contributed by atoms with Gasteiger partial charge in [0.05, 0.1) is 16.6 Å². The minimum Gasteiger partial charge on any atom is -0.294 e. The Labute approximate surface area is 151 Å². The lowest BCUT2D eigenvalue weighted by Gasteiger charge is -2.44. The number of ketones is 1. The summed E-state index contributed by atoms with van der Waals surface area (Å²) in [6.07, 6.45) is 2.94. The smallest absolute Gasteiger partial charge is 0.160 e. The molecule has 0 amide bonds. The maximum absolute atomic E-state index is 14.1. The fourth-order valence-corrected chi connectivity index (χ4v) is 5.88.